The number of hydrogen-bond donors (Lipinski definition) is 0. The minimum Gasteiger partial charge on any atom is -0.490 e. The third-order valence-corrected chi connectivity index (χ3v) is 5.41. The van der Waals surface area contributed by atoms with Crippen molar-refractivity contribution < 1.29 is 28.6 Å². The monoisotopic (exact) mass is 471 g/mol. The number of halogens is 1. The third-order valence-electron chi connectivity index (χ3n) is 3.91. The number of methoxy groups -OCH3 is 1. The first-order valence-corrected chi connectivity index (χ1v) is 10.4. The summed E-state index contributed by atoms with van der Waals surface area (Å²) in [5, 5.41) is -0.512. The van der Waals surface area contributed by atoms with Crippen LogP contribution in [0.5, 0.6) is 11.5 Å². The van der Waals surface area contributed by atoms with E-state index in [4.69, 9.17) is 9.47 Å². The molecule has 0 saturated carbocycles. The molecule has 1 aliphatic rings. The third kappa shape index (κ3) is 5.29. The minimum atomic E-state index is -0.656. The molecule has 152 valence electrons. The zero-order chi connectivity index (χ0) is 20.8. The molecular formula is C19H22BrNO6S. The summed E-state index contributed by atoms with van der Waals surface area (Å²) in [5.74, 6) is -0.0600. The summed E-state index contributed by atoms with van der Waals surface area (Å²) in [6, 6.07) is 3.54. The lowest BCUT2D eigenvalue weighted by molar-refractivity contribution is -0.143. The number of carbonyl (C=O) groups is 3. The van der Waals surface area contributed by atoms with E-state index in [-0.39, 0.29) is 11.0 Å². The van der Waals surface area contributed by atoms with Gasteiger partial charge < -0.3 is 14.2 Å². The van der Waals surface area contributed by atoms with Crippen molar-refractivity contribution in [2.24, 2.45) is 0 Å². The molecule has 0 aromatic heterocycles. The molecule has 0 aliphatic carbocycles. The Balaban J connectivity index is 2.33. The number of nitrogens with zero attached hydrogens (tertiary/aromatic N) is 1. The summed E-state index contributed by atoms with van der Waals surface area (Å²) in [7, 11) is 1.20. The second kappa shape index (κ2) is 9.97. The lowest BCUT2D eigenvalue weighted by Crippen LogP contribution is -2.34. The molecule has 7 nitrogen and oxygen atoms in total. The molecule has 2 rings (SSSR count). The van der Waals surface area contributed by atoms with Crippen LogP contribution in [-0.4, -0.2) is 48.4 Å². The highest BCUT2D eigenvalue weighted by Gasteiger charge is 2.36. The van der Waals surface area contributed by atoms with Crippen LogP contribution in [0, 0.1) is 0 Å². The van der Waals surface area contributed by atoms with Gasteiger partial charge in [0.1, 0.15) is 6.54 Å². The van der Waals surface area contributed by atoms with Crippen molar-refractivity contribution in [1.82, 2.24) is 4.90 Å². The Morgan fingerprint density at radius 2 is 2.04 bits per heavy atom. The number of ether oxygens (including phenoxy) is 3. The average Bonchev–Trinajstić information content (AvgIpc) is 2.91. The molecule has 9 heteroatoms. The molecule has 1 fully saturated rings. The van der Waals surface area contributed by atoms with E-state index in [9.17, 15) is 14.4 Å². The predicted octanol–water partition coefficient (Wildman–Crippen LogP) is 4.23. The zero-order valence-electron chi connectivity index (χ0n) is 16.1. The van der Waals surface area contributed by atoms with Crippen LogP contribution in [0.15, 0.2) is 21.5 Å². The highest BCUT2D eigenvalue weighted by molar-refractivity contribution is 9.10. The number of imide groups is 1. The van der Waals surface area contributed by atoms with Crippen LogP contribution in [0.1, 0.15) is 32.8 Å². The molecule has 1 saturated heterocycles. The molecule has 0 bridgehead atoms. The van der Waals surface area contributed by atoms with E-state index in [1.54, 1.807) is 18.2 Å². The number of esters is 1. The van der Waals surface area contributed by atoms with Gasteiger partial charge in [0.2, 0.25) is 0 Å². The SMILES string of the molecule is CCOc1cc(/C=C2/SC(=O)N(CC(=O)OC)C2=O)cc(Br)c1O[C@H](C)CC. The van der Waals surface area contributed by atoms with E-state index in [0.717, 1.165) is 23.1 Å². The van der Waals surface area contributed by atoms with E-state index in [0.29, 0.717) is 28.1 Å². The van der Waals surface area contributed by atoms with Crippen molar-refractivity contribution >= 4 is 50.9 Å². The van der Waals surface area contributed by atoms with E-state index in [1.165, 1.54) is 7.11 Å². The molecule has 0 radical (unpaired) electrons. The molecule has 1 atom stereocenters. The Kier molecular flexibility index (Phi) is 7.94. The second-order valence-corrected chi connectivity index (χ2v) is 7.79. The van der Waals surface area contributed by atoms with E-state index in [2.05, 4.69) is 20.7 Å². The van der Waals surface area contributed by atoms with E-state index in [1.807, 2.05) is 20.8 Å². The molecule has 0 spiro atoms. The van der Waals surface area contributed by atoms with Gasteiger partial charge in [-0.25, -0.2) is 0 Å². The van der Waals surface area contributed by atoms with Crippen molar-refractivity contribution in [3.63, 3.8) is 0 Å². The van der Waals surface area contributed by atoms with Crippen LogP contribution < -0.4 is 9.47 Å². The van der Waals surface area contributed by atoms with Gasteiger partial charge in [-0.2, -0.15) is 0 Å². The van der Waals surface area contributed by atoms with Crippen LogP contribution >= 0.6 is 27.7 Å². The summed E-state index contributed by atoms with van der Waals surface area (Å²) < 4.78 is 16.8. The van der Waals surface area contributed by atoms with E-state index < -0.39 is 23.7 Å². The van der Waals surface area contributed by atoms with Crippen molar-refractivity contribution in [2.75, 3.05) is 20.3 Å². The molecule has 28 heavy (non-hydrogen) atoms. The Morgan fingerprint density at radius 3 is 2.64 bits per heavy atom. The van der Waals surface area contributed by atoms with Crippen molar-refractivity contribution in [2.45, 2.75) is 33.3 Å². The van der Waals surface area contributed by atoms with Crippen LogP contribution in [0.2, 0.25) is 0 Å². The van der Waals surface area contributed by atoms with Gasteiger partial charge in [0.25, 0.3) is 11.1 Å². The number of amides is 2. The molecule has 0 N–H and O–H groups in total. The fourth-order valence-corrected chi connectivity index (χ4v) is 3.71. The van der Waals surface area contributed by atoms with Gasteiger partial charge in [-0.05, 0) is 71.7 Å². The molecule has 1 heterocycles. The number of hydrogen-bond acceptors (Lipinski definition) is 7. The van der Waals surface area contributed by atoms with Gasteiger partial charge >= 0.3 is 5.97 Å². The maximum Gasteiger partial charge on any atom is 0.325 e. The molecule has 1 aromatic rings. The first-order valence-electron chi connectivity index (χ1n) is 8.75. The number of benzene rings is 1. The van der Waals surface area contributed by atoms with Gasteiger partial charge in [-0.1, -0.05) is 6.92 Å². The van der Waals surface area contributed by atoms with Crippen LogP contribution in [0.25, 0.3) is 6.08 Å². The second-order valence-electron chi connectivity index (χ2n) is 5.94. The molecular weight excluding hydrogens is 450 g/mol. The lowest BCUT2D eigenvalue weighted by Gasteiger charge is -2.18. The van der Waals surface area contributed by atoms with Crippen LogP contribution in [-0.2, 0) is 14.3 Å². The van der Waals surface area contributed by atoms with Gasteiger partial charge in [-0.15, -0.1) is 0 Å². The molecule has 2 amide bonds. The summed E-state index contributed by atoms with van der Waals surface area (Å²) in [4.78, 5) is 37.0. The maximum atomic E-state index is 12.5. The topological polar surface area (TPSA) is 82.1 Å². The average molecular weight is 472 g/mol. The Morgan fingerprint density at radius 1 is 1.32 bits per heavy atom. The standard InChI is InChI=1S/C19H22BrNO6S/c1-5-11(3)27-17-13(20)7-12(8-14(17)26-6-2)9-15-18(23)21(19(24)28-15)10-16(22)25-4/h7-9,11H,5-6,10H2,1-4H3/b15-9+/t11-/m1/s1. The minimum absolute atomic E-state index is 0.0103. The molecule has 1 aromatic carbocycles. The van der Waals surface area contributed by atoms with Crippen LogP contribution in [0.4, 0.5) is 4.79 Å². The van der Waals surface area contributed by atoms with Crippen molar-refractivity contribution in [3.8, 4) is 11.5 Å². The van der Waals surface area contributed by atoms with Crippen molar-refractivity contribution in [3.05, 3.63) is 27.1 Å². The fourth-order valence-electron chi connectivity index (χ4n) is 2.31. The highest BCUT2D eigenvalue weighted by atomic mass is 79.9. The van der Waals surface area contributed by atoms with Gasteiger partial charge in [0.15, 0.2) is 11.5 Å². The Labute approximate surface area is 176 Å². The first-order chi connectivity index (χ1) is 13.3. The van der Waals surface area contributed by atoms with Gasteiger partial charge in [-0.3, -0.25) is 19.3 Å². The quantitative estimate of drug-likeness (QED) is 0.414. The summed E-state index contributed by atoms with van der Waals surface area (Å²) >= 11 is 4.27. The number of carbonyl (C=O) groups excluding carboxylic acids is 3. The lowest BCUT2D eigenvalue weighted by atomic mass is 10.1. The Bertz CT molecular complexity index is 810. The predicted molar refractivity (Wildman–Crippen MR) is 110 cm³/mol. The largest absolute Gasteiger partial charge is 0.490 e. The summed E-state index contributed by atoms with van der Waals surface area (Å²) in [6.45, 7) is 5.90. The van der Waals surface area contributed by atoms with Crippen molar-refractivity contribution in [1.29, 1.82) is 0 Å². The maximum absolute atomic E-state index is 12.5. The van der Waals surface area contributed by atoms with Gasteiger partial charge in [0, 0.05) is 0 Å². The number of thioether (sulfide) groups is 1. The van der Waals surface area contributed by atoms with Crippen LogP contribution in [0.3, 0.4) is 0 Å². The smallest absolute Gasteiger partial charge is 0.325 e. The van der Waals surface area contributed by atoms with E-state index >= 15 is 0 Å². The summed E-state index contributed by atoms with van der Waals surface area (Å²) in [6.07, 6.45) is 2.44. The first kappa shape index (κ1) is 22.3. The zero-order valence-corrected chi connectivity index (χ0v) is 18.5. The highest BCUT2D eigenvalue weighted by Crippen LogP contribution is 2.40. The Hall–Kier alpha value is -2.00. The summed E-state index contributed by atoms with van der Waals surface area (Å²) in [5.41, 5.74) is 0.662. The molecule has 1 aliphatic heterocycles. The fraction of sp³-hybridized carbons (Fsp3) is 0.421. The van der Waals surface area contributed by atoms with Gasteiger partial charge in [0.05, 0.1) is 29.2 Å². The molecule has 0 unspecified atom stereocenters. The normalized spacial score (nSPS) is 16.5. The number of rotatable bonds is 8.